The van der Waals surface area contributed by atoms with E-state index in [1.807, 2.05) is 6.08 Å². The fourth-order valence-electron chi connectivity index (χ4n) is 0. The summed E-state index contributed by atoms with van der Waals surface area (Å²) >= 11 is 0. The topological polar surface area (TPSA) is 0 Å². The Bertz CT molecular complexity index is 30.9. The maximum atomic E-state index is 3.56. The molecule has 0 aromatic rings. The Labute approximate surface area is 53.3 Å². The van der Waals surface area contributed by atoms with Crippen LogP contribution in [-0.4, -0.2) is 0 Å². The monoisotopic (exact) mass is 176 g/mol. The summed E-state index contributed by atoms with van der Waals surface area (Å²) in [7, 11) is 0. The van der Waals surface area contributed by atoms with Gasteiger partial charge in [0.05, 0.1) is 0 Å². The van der Waals surface area contributed by atoms with Crippen molar-refractivity contribution in [2.75, 3.05) is 0 Å². The number of hydrogen-bond donors (Lipinski definition) is 0. The molecule has 0 saturated carbocycles. The third-order valence-corrected chi connectivity index (χ3v) is 0.471. The van der Waals surface area contributed by atoms with E-state index in [1.54, 1.807) is 0 Å². The normalized spacial score (nSPS) is 7.17. The second kappa shape index (κ2) is 5.40. The molecule has 40 valence electrons. The van der Waals surface area contributed by atoms with E-state index in [-0.39, 0.29) is 20.4 Å². The van der Waals surface area contributed by atoms with Gasteiger partial charge in [0.2, 0.25) is 0 Å². The van der Waals surface area contributed by atoms with E-state index in [2.05, 4.69) is 20.4 Å². The SMILES string of the molecule is C=CC(C)C.[Pd]. The van der Waals surface area contributed by atoms with Crippen molar-refractivity contribution >= 4 is 0 Å². The van der Waals surface area contributed by atoms with Crippen LogP contribution in [0.4, 0.5) is 0 Å². The first kappa shape index (κ1) is 9.64. The van der Waals surface area contributed by atoms with E-state index in [1.165, 1.54) is 0 Å². The Morgan fingerprint density at radius 2 is 1.67 bits per heavy atom. The zero-order valence-corrected chi connectivity index (χ0v) is 5.73. The summed E-state index contributed by atoms with van der Waals surface area (Å²) in [5.41, 5.74) is 0. The molecule has 0 aromatic carbocycles. The van der Waals surface area contributed by atoms with Gasteiger partial charge in [-0.25, -0.2) is 0 Å². The molecule has 0 nitrogen and oxygen atoms in total. The Balaban J connectivity index is 0. The molecule has 0 aliphatic carbocycles. The van der Waals surface area contributed by atoms with Crippen LogP contribution in [0.2, 0.25) is 0 Å². The molecular weight excluding hydrogens is 166 g/mol. The molecule has 0 spiro atoms. The summed E-state index contributed by atoms with van der Waals surface area (Å²) in [5.74, 6) is 0.648. The Kier molecular flexibility index (Phi) is 8.68. The van der Waals surface area contributed by atoms with Gasteiger partial charge in [-0.3, -0.25) is 0 Å². The third kappa shape index (κ3) is 8.83. The first-order valence-electron chi connectivity index (χ1n) is 1.90. The van der Waals surface area contributed by atoms with Crippen molar-refractivity contribution in [3.8, 4) is 0 Å². The van der Waals surface area contributed by atoms with E-state index in [4.69, 9.17) is 0 Å². The summed E-state index contributed by atoms with van der Waals surface area (Å²) in [6.45, 7) is 7.77. The maximum absolute atomic E-state index is 3.56. The van der Waals surface area contributed by atoms with Crippen molar-refractivity contribution in [2.24, 2.45) is 5.92 Å². The van der Waals surface area contributed by atoms with Crippen LogP contribution in [0.25, 0.3) is 0 Å². The van der Waals surface area contributed by atoms with Crippen LogP contribution in [0.1, 0.15) is 13.8 Å². The van der Waals surface area contributed by atoms with Crippen molar-refractivity contribution in [3.63, 3.8) is 0 Å². The fourth-order valence-corrected chi connectivity index (χ4v) is 0. The van der Waals surface area contributed by atoms with Gasteiger partial charge in [-0.1, -0.05) is 19.9 Å². The van der Waals surface area contributed by atoms with Crippen molar-refractivity contribution in [1.82, 2.24) is 0 Å². The molecule has 1 heteroatoms. The van der Waals surface area contributed by atoms with Crippen molar-refractivity contribution < 1.29 is 20.4 Å². The van der Waals surface area contributed by atoms with Gasteiger partial charge in [0.15, 0.2) is 0 Å². The van der Waals surface area contributed by atoms with E-state index < -0.39 is 0 Å². The van der Waals surface area contributed by atoms with Gasteiger partial charge >= 0.3 is 0 Å². The molecule has 0 aliphatic rings. The molecule has 0 N–H and O–H groups in total. The maximum Gasteiger partial charge on any atom is 0 e. The molecule has 0 fully saturated rings. The van der Waals surface area contributed by atoms with Gasteiger partial charge in [0.1, 0.15) is 0 Å². The van der Waals surface area contributed by atoms with Crippen LogP contribution in [0.5, 0.6) is 0 Å². The zero-order chi connectivity index (χ0) is 4.28. The van der Waals surface area contributed by atoms with Crippen LogP contribution >= 0.6 is 0 Å². The summed E-state index contributed by atoms with van der Waals surface area (Å²) < 4.78 is 0. The minimum Gasteiger partial charge on any atom is -0.103 e. The largest absolute Gasteiger partial charge is 0.103 e. The molecule has 0 atom stereocenters. The summed E-state index contributed by atoms with van der Waals surface area (Å²) in [5, 5.41) is 0. The quantitative estimate of drug-likeness (QED) is 0.422. The first-order chi connectivity index (χ1) is 2.27. The zero-order valence-electron chi connectivity index (χ0n) is 4.18. The molecule has 0 radical (unpaired) electrons. The van der Waals surface area contributed by atoms with Crippen molar-refractivity contribution in [1.29, 1.82) is 0 Å². The number of rotatable bonds is 1. The Morgan fingerprint density at radius 1 is 1.50 bits per heavy atom. The minimum atomic E-state index is 0. The molecule has 0 amide bonds. The van der Waals surface area contributed by atoms with E-state index in [0.29, 0.717) is 5.92 Å². The molecule has 0 aliphatic heterocycles. The standard InChI is InChI=1S/C5H10.Pd/c1-4-5(2)3;/h4-5H,1H2,2-3H3;. The van der Waals surface area contributed by atoms with Gasteiger partial charge in [-0.05, 0) is 5.92 Å². The molecule has 0 unspecified atom stereocenters. The smallest absolute Gasteiger partial charge is 0 e. The minimum absolute atomic E-state index is 0. The van der Waals surface area contributed by atoms with Crippen LogP contribution in [0.3, 0.4) is 0 Å². The molecule has 0 rings (SSSR count). The average Bonchev–Trinajstić information content (AvgIpc) is 1.38. The number of hydrogen-bond acceptors (Lipinski definition) is 0. The first-order valence-corrected chi connectivity index (χ1v) is 1.90. The van der Waals surface area contributed by atoms with E-state index in [0.717, 1.165) is 0 Å². The molecular formula is C5H10Pd. The van der Waals surface area contributed by atoms with Crippen LogP contribution in [0.15, 0.2) is 12.7 Å². The Hall–Kier alpha value is 0.402. The van der Waals surface area contributed by atoms with E-state index in [9.17, 15) is 0 Å². The third-order valence-electron chi connectivity index (χ3n) is 0.471. The fraction of sp³-hybridized carbons (Fsp3) is 0.600. The van der Waals surface area contributed by atoms with Gasteiger partial charge in [-0.2, -0.15) is 0 Å². The average molecular weight is 177 g/mol. The molecule has 0 aromatic heterocycles. The van der Waals surface area contributed by atoms with Crippen molar-refractivity contribution in [3.05, 3.63) is 12.7 Å². The van der Waals surface area contributed by atoms with Gasteiger partial charge in [0.25, 0.3) is 0 Å². The second-order valence-corrected chi connectivity index (χ2v) is 1.48. The van der Waals surface area contributed by atoms with Crippen LogP contribution < -0.4 is 0 Å². The van der Waals surface area contributed by atoms with Gasteiger partial charge < -0.3 is 0 Å². The molecule has 6 heavy (non-hydrogen) atoms. The van der Waals surface area contributed by atoms with Gasteiger partial charge in [-0.15, -0.1) is 6.58 Å². The predicted octanol–water partition coefficient (Wildman–Crippen LogP) is 1.83. The van der Waals surface area contributed by atoms with Crippen LogP contribution in [0, 0.1) is 5.92 Å². The Morgan fingerprint density at radius 3 is 1.67 bits per heavy atom. The molecule has 0 bridgehead atoms. The van der Waals surface area contributed by atoms with Crippen molar-refractivity contribution in [2.45, 2.75) is 13.8 Å². The number of allylic oxidation sites excluding steroid dienone is 1. The molecule has 0 saturated heterocycles. The van der Waals surface area contributed by atoms with Crippen LogP contribution in [-0.2, 0) is 20.4 Å². The second-order valence-electron chi connectivity index (χ2n) is 1.48. The van der Waals surface area contributed by atoms with Gasteiger partial charge in [0, 0.05) is 20.4 Å². The summed E-state index contributed by atoms with van der Waals surface area (Å²) in [6.07, 6.45) is 1.92. The predicted molar refractivity (Wildman–Crippen MR) is 25.0 cm³/mol. The summed E-state index contributed by atoms with van der Waals surface area (Å²) in [4.78, 5) is 0. The molecule has 0 heterocycles. The van der Waals surface area contributed by atoms with E-state index >= 15 is 0 Å². The summed E-state index contributed by atoms with van der Waals surface area (Å²) in [6, 6.07) is 0.